The lowest BCUT2D eigenvalue weighted by Gasteiger charge is -2.18. The summed E-state index contributed by atoms with van der Waals surface area (Å²) in [5.41, 5.74) is 0.0115. The van der Waals surface area contributed by atoms with Crippen LogP contribution in [0.5, 0.6) is 0 Å². The number of benzene rings is 1. The number of esters is 1. The van der Waals surface area contributed by atoms with E-state index in [1.165, 1.54) is 0 Å². The fourth-order valence-electron chi connectivity index (χ4n) is 1.51. The molecule has 0 saturated carbocycles. The maximum absolute atomic E-state index is 11.8. The average Bonchev–Trinajstić information content (AvgIpc) is 2.35. The summed E-state index contributed by atoms with van der Waals surface area (Å²) in [5, 5.41) is 12.3. The van der Waals surface area contributed by atoms with E-state index < -0.39 is 11.6 Å². The van der Waals surface area contributed by atoms with Crippen LogP contribution in [0.4, 0.5) is 0 Å². The number of hydrogen-bond donors (Lipinski definition) is 2. The van der Waals surface area contributed by atoms with Crippen LogP contribution in [0.2, 0.25) is 0 Å². The zero-order valence-electron chi connectivity index (χ0n) is 11.4. The number of aliphatic hydroxyl groups is 1. The smallest absolute Gasteiger partial charge is 0.325 e. The minimum atomic E-state index is -1.02. The third kappa shape index (κ3) is 4.71. The zero-order valence-corrected chi connectivity index (χ0v) is 11.4. The van der Waals surface area contributed by atoms with Gasteiger partial charge in [-0.1, -0.05) is 12.1 Å². The lowest BCUT2D eigenvalue weighted by Crippen LogP contribution is -2.30. The van der Waals surface area contributed by atoms with E-state index >= 15 is 0 Å². The Morgan fingerprint density at radius 2 is 2.05 bits per heavy atom. The van der Waals surface area contributed by atoms with Crippen molar-refractivity contribution in [2.24, 2.45) is 0 Å². The Kier molecular flexibility index (Phi) is 5.06. The summed E-state index contributed by atoms with van der Waals surface area (Å²) in [7, 11) is 0. The van der Waals surface area contributed by atoms with Gasteiger partial charge in [0.1, 0.15) is 6.54 Å². The lowest BCUT2D eigenvalue weighted by molar-refractivity contribution is -0.141. The van der Waals surface area contributed by atoms with Gasteiger partial charge in [-0.3, -0.25) is 9.59 Å². The second-order valence-electron chi connectivity index (χ2n) is 4.63. The molecule has 104 valence electrons. The summed E-state index contributed by atoms with van der Waals surface area (Å²) >= 11 is 0. The van der Waals surface area contributed by atoms with Crippen molar-refractivity contribution in [3.8, 4) is 0 Å². The van der Waals surface area contributed by atoms with E-state index in [0.717, 1.165) is 0 Å². The fourth-order valence-corrected chi connectivity index (χ4v) is 1.51. The van der Waals surface area contributed by atoms with E-state index in [1.54, 1.807) is 45.0 Å². The van der Waals surface area contributed by atoms with Crippen molar-refractivity contribution in [1.29, 1.82) is 0 Å². The minimum absolute atomic E-state index is 0.167. The predicted molar refractivity (Wildman–Crippen MR) is 70.7 cm³/mol. The summed E-state index contributed by atoms with van der Waals surface area (Å²) < 4.78 is 4.71. The predicted octanol–water partition coefficient (Wildman–Crippen LogP) is 1.21. The Bertz CT molecular complexity index is 463. The fraction of sp³-hybridized carbons (Fsp3) is 0.429. The van der Waals surface area contributed by atoms with Crippen LogP contribution in [0.25, 0.3) is 0 Å². The van der Waals surface area contributed by atoms with Gasteiger partial charge in [0.25, 0.3) is 5.91 Å². The number of carbonyl (C=O) groups is 2. The monoisotopic (exact) mass is 265 g/mol. The Labute approximate surface area is 112 Å². The SMILES string of the molecule is CCOC(=O)CNC(=O)c1cccc(C(C)(C)O)c1. The van der Waals surface area contributed by atoms with Crippen molar-refractivity contribution in [2.75, 3.05) is 13.2 Å². The van der Waals surface area contributed by atoms with Crippen molar-refractivity contribution >= 4 is 11.9 Å². The molecule has 0 fully saturated rings. The van der Waals surface area contributed by atoms with Gasteiger partial charge in [-0.15, -0.1) is 0 Å². The number of nitrogens with one attached hydrogen (secondary N) is 1. The van der Waals surface area contributed by atoms with Gasteiger partial charge in [-0.05, 0) is 38.5 Å². The van der Waals surface area contributed by atoms with Crippen LogP contribution in [-0.2, 0) is 15.1 Å². The van der Waals surface area contributed by atoms with Gasteiger partial charge in [-0.2, -0.15) is 0 Å². The second kappa shape index (κ2) is 6.33. The first-order chi connectivity index (χ1) is 8.84. The Balaban J connectivity index is 2.70. The molecule has 5 heteroatoms. The van der Waals surface area contributed by atoms with Crippen LogP contribution < -0.4 is 5.32 Å². The summed E-state index contributed by atoms with van der Waals surface area (Å²) in [6.45, 7) is 5.10. The van der Waals surface area contributed by atoms with Crippen LogP contribution >= 0.6 is 0 Å². The normalized spacial score (nSPS) is 10.9. The van der Waals surface area contributed by atoms with Crippen LogP contribution in [0, 0.1) is 0 Å². The highest BCUT2D eigenvalue weighted by molar-refractivity contribution is 5.96. The molecule has 0 unspecified atom stereocenters. The van der Waals surface area contributed by atoms with Crippen LogP contribution in [0.1, 0.15) is 36.7 Å². The molecule has 2 N–H and O–H groups in total. The number of ether oxygens (including phenoxy) is 1. The summed E-state index contributed by atoms with van der Waals surface area (Å²) in [5.74, 6) is -0.853. The number of amides is 1. The van der Waals surface area contributed by atoms with E-state index in [1.807, 2.05) is 0 Å². The Morgan fingerprint density at radius 1 is 1.37 bits per heavy atom. The first-order valence-corrected chi connectivity index (χ1v) is 6.11. The van der Waals surface area contributed by atoms with Gasteiger partial charge in [-0.25, -0.2) is 0 Å². The quantitative estimate of drug-likeness (QED) is 0.785. The van der Waals surface area contributed by atoms with Crippen molar-refractivity contribution in [1.82, 2.24) is 5.32 Å². The first kappa shape index (κ1) is 15.2. The van der Waals surface area contributed by atoms with Crippen LogP contribution in [0.3, 0.4) is 0 Å². The zero-order chi connectivity index (χ0) is 14.5. The van der Waals surface area contributed by atoms with E-state index in [4.69, 9.17) is 4.74 Å². The molecule has 5 nitrogen and oxygen atoms in total. The number of rotatable bonds is 5. The molecule has 0 heterocycles. The molecule has 0 aromatic heterocycles. The largest absolute Gasteiger partial charge is 0.465 e. The molecule has 1 aromatic rings. The molecule has 0 bridgehead atoms. The summed E-state index contributed by atoms with van der Waals surface area (Å²) in [4.78, 5) is 23.0. The third-order valence-corrected chi connectivity index (χ3v) is 2.53. The van der Waals surface area contributed by atoms with Crippen molar-refractivity contribution in [2.45, 2.75) is 26.4 Å². The van der Waals surface area contributed by atoms with Crippen LogP contribution in [-0.4, -0.2) is 30.1 Å². The Morgan fingerprint density at radius 3 is 2.63 bits per heavy atom. The standard InChI is InChI=1S/C14H19NO4/c1-4-19-12(16)9-15-13(17)10-6-5-7-11(8-10)14(2,3)18/h5-8,18H,4,9H2,1-3H3,(H,15,17). The van der Waals surface area contributed by atoms with Gasteiger partial charge < -0.3 is 15.2 Å². The first-order valence-electron chi connectivity index (χ1n) is 6.11. The van der Waals surface area contributed by atoms with Gasteiger partial charge in [0, 0.05) is 5.56 Å². The molecule has 19 heavy (non-hydrogen) atoms. The molecule has 0 aliphatic carbocycles. The Hall–Kier alpha value is -1.88. The van der Waals surface area contributed by atoms with Crippen molar-refractivity contribution in [3.63, 3.8) is 0 Å². The number of hydrogen-bond acceptors (Lipinski definition) is 4. The van der Waals surface area contributed by atoms with Crippen molar-refractivity contribution < 1.29 is 19.4 Å². The third-order valence-electron chi connectivity index (χ3n) is 2.53. The number of carbonyl (C=O) groups excluding carboxylic acids is 2. The highest BCUT2D eigenvalue weighted by Crippen LogP contribution is 2.20. The maximum atomic E-state index is 11.8. The maximum Gasteiger partial charge on any atom is 0.325 e. The van der Waals surface area contributed by atoms with Gasteiger partial charge in [0.15, 0.2) is 0 Å². The van der Waals surface area contributed by atoms with Gasteiger partial charge in [0.05, 0.1) is 12.2 Å². The molecular formula is C14H19NO4. The molecule has 0 aliphatic rings. The van der Waals surface area contributed by atoms with Crippen LogP contribution in [0.15, 0.2) is 24.3 Å². The summed E-state index contributed by atoms with van der Waals surface area (Å²) in [6, 6.07) is 6.64. The highest BCUT2D eigenvalue weighted by Gasteiger charge is 2.17. The van der Waals surface area contributed by atoms with Gasteiger partial charge >= 0.3 is 5.97 Å². The van der Waals surface area contributed by atoms with Gasteiger partial charge in [0.2, 0.25) is 0 Å². The molecule has 1 aromatic carbocycles. The van der Waals surface area contributed by atoms with Crippen molar-refractivity contribution in [3.05, 3.63) is 35.4 Å². The van der Waals surface area contributed by atoms with E-state index in [9.17, 15) is 14.7 Å². The molecule has 1 rings (SSSR count). The van der Waals surface area contributed by atoms with E-state index in [-0.39, 0.29) is 19.1 Å². The molecule has 0 spiro atoms. The second-order valence-corrected chi connectivity index (χ2v) is 4.63. The minimum Gasteiger partial charge on any atom is -0.465 e. The summed E-state index contributed by atoms with van der Waals surface area (Å²) in [6.07, 6.45) is 0. The molecule has 1 amide bonds. The van der Waals surface area contributed by atoms with E-state index in [0.29, 0.717) is 11.1 Å². The highest BCUT2D eigenvalue weighted by atomic mass is 16.5. The van der Waals surface area contributed by atoms with E-state index in [2.05, 4.69) is 5.32 Å². The topological polar surface area (TPSA) is 75.6 Å². The lowest BCUT2D eigenvalue weighted by atomic mass is 9.96. The molecular weight excluding hydrogens is 246 g/mol. The average molecular weight is 265 g/mol. The molecule has 0 saturated heterocycles. The molecule has 0 aliphatic heterocycles. The molecule has 0 radical (unpaired) electrons. The molecule has 0 atom stereocenters.